The molecule has 36 heavy (non-hydrogen) atoms. The van der Waals surface area contributed by atoms with Crippen molar-refractivity contribution in [3.63, 3.8) is 0 Å². The fraction of sp³-hybridized carbons (Fsp3) is 0.593. The minimum absolute atomic E-state index is 0.0370. The van der Waals surface area contributed by atoms with Crippen LogP contribution in [0.1, 0.15) is 49.3 Å². The third kappa shape index (κ3) is 4.69. The lowest BCUT2D eigenvalue weighted by Gasteiger charge is -2.36. The van der Waals surface area contributed by atoms with E-state index in [-0.39, 0.29) is 23.8 Å². The highest BCUT2D eigenvalue weighted by atomic mass is 19.4. The van der Waals surface area contributed by atoms with Gasteiger partial charge >= 0.3 is 6.18 Å². The first-order valence-corrected chi connectivity index (χ1v) is 13.1. The highest BCUT2D eigenvalue weighted by Crippen LogP contribution is 2.54. The van der Waals surface area contributed by atoms with Gasteiger partial charge in [0, 0.05) is 50.4 Å². The molecule has 192 valence electrons. The molecule has 6 nitrogen and oxygen atoms in total. The lowest BCUT2D eigenvalue weighted by molar-refractivity contribution is -0.141. The van der Waals surface area contributed by atoms with Crippen LogP contribution in [0.4, 0.5) is 19.1 Å². The van der Waals surface area contributed by atoms with Crippen LogP contribution in [0.2, 0.25) is 0 Å². The maximum atomic E-state index is 13.2. The van der Waals surface area contributed by atoms with Gasteiger partial charge in [0.05, 0.1) is 0 Å². The number of hydrogen-bond acceptors (Lipinski definition) is 5. The van der Waals surface area contributed by atoms with Gasteiger partial charge in [-0.3, -0.25) is 9.69 Å². The van der Waals surface area contributed by atoms with E-state index >= 15 is 0 Å². The number of aromatic nitrogens is 2. The van der Waals surface area contributed by atoms with E-state index in [1.807, 2.05) is 4.90 Å². The fourth-order valence-electron chi connectivity index (χ4n) is 6.78. The number of nitrogens with zero attached hydrogens (tertiary/aromatic N) is 4. The SMILES string of the molecule is O=C(C1[C@H]2CN(C3CCC(c4ccccc4)CC3)C[C@@H]12)N1CC[C@H](Nc2nccc(C(F)(F)F)n2)C1. The van der Waals surface area contributed by atoms with Crippen LogP contribution < -0.4 is 5.32 Å². The number of carbonyl (C=O) groups excluding carboxylic acids is 1. The van der Waals surface area contributed by atoms with Gasteiger partial charge in [-0.25, -0.2) is 9.97 Å². The molecule has 1 aromatic carbocycles. The molecule has 1 aromatic heterocycles. The van der Waals surface area contributed by atoms with E-state index < -0.39 is 11.9 Å². The molecular formula is C27H32F3N5O. The third-order valence-electron chi connectivity index (χ3n) is 8.77. The largest absolute Gasteiger partial charge is 0.433 e. The third-order valence-corrected chi connectivity index (χ3v) is 8.77. The summed E-state index contributed by atoms with van der Waals surface area (Å²) in [6.45, 7) is 3.16. The molecule has 2 aliphatic heterocycles. The Morgan fingerprint density at radius 3 is 2.36 bits per heavy atom. The molecule has 4 atom stereocenters. The van der Waals surface area contributed by atoms with Gasteiger partial charge < -0.3 is 10.2 Å². The highest BCUT2D eigenvalue weighted by Gasteiger charge is 2.61. The van der Waals surface area contributed by atoms with Gasteiger partial charge in [0.1, 0.15) is 5.69 Å². The van der Waals surface area contributed by atoms with Crippen molar-refractivity contribution in [2.45, 2.75) is 56.3 Å². The monoisotopic (exact) mass is 499 g/mol. The molecule has 2 saturated carbocycles. The zero-order valence-corrected chi connectivity index (χ0v) is 20.2. The van der Waals surface area contributed by atoms with Gasteiger partial charge in [0.2, 0.25) is 11.9 Å². The average Bonchev–Trinajstić information content (AvgIpc) is 3.20. The zero-order valence-electron chi connectivity index (χ0n) is 20.2. The Morgan fingerprint density at radius 2 is 1.67 bits per heavy atom. The molecule has 1 N–H and O–H groups in total. The number of piperidine rings is 1. The van der Waals surface area contributed by atoms with Crippen molar-refractivity contribution >= 4 is 11.9 Å². The molecule has 1 amide bonds. The Labute approximate surface area is 209 Å². The van der Waals surface area contributed by atoms with Crippen LogP contribution in [0.3, 0.4) is 0 Å². The van der Waals surface area contributed by atoms with Gasteiger partial charge in [-0.15, -0.1) is 0 Å². The summed E-state index contributed by atoms with van der Waals surface area (Å²) >= 11 is 0. The molecular weight excluding hydrogens is 467 g/mol. The summed E-state index contributed by atoms with van der Waals surface area (Å²) in [5, 5.41) is 2.99. The van der Waals surface area contributed by atoms with Crippen LogP contribution in [0.5, 0.6) is 0 Å². The molecule has 4 fully saturated rings. The van der Waals surface area contributed by atoms with Gasteiger partial charge in [0.25, 0.3) is 0 Å². The van der Waals surface area contributed by atoms with Crippen molar-refractivity contribution in [1.29, 1.82) is 0 Å². The van der Waals surface area contributed by atoms with E-state index in [1.165, 1.54) is 31.2 Å². The maximum absolute atomic E-state index is 13.2. The fourth-order valence-corrected chi connectivity index (χ4v) is 6.78. The van der Waals surface area contributed by atoms with Gasteiger partial charge in [0.15, 0.2) is 0 Å². The Balaban J connectivity index is 0.965. The maximum Gasteiger partial charge on any atom is 0.433 e. The lowest BCUT2D eigenvalue weighted by atomic mass is 9.81. The molecule has 2 aromatic rings. The highest BCUT2D eigenvalue weighted by molar-refractivity contribution is 5.83. The van der Waals surface area contributed by atoms with E-state index in [1.54, 1.807) is 0 Å². The second-order valence-corrected chi connectivity index (χ2v) is 10.9. The van der Waals surface area contributed by atoms with Crippen LogP contribution in [0, 0.1) is 17.8 Å². The van der Waals surface area contributed by atoms with Gasteiger partial charge in [-0.1, -0.05) is 30.3 Å². The molecule has 3 heterocycles. The molecule has 1 unspecified atom stereocenters. The first-order valence-electron chi connectivity index (χ1n) is 13.1. The molecule has 2 saturated heterocycles. The summed E-state index contributed by atoms with van der Waals surface area (Å²) in [4.78, 5) is 25.2. The number of alkyl halides is 3. The van der Waals surface area contributed by atoms with E-state index in [0.29, 0.717) is 43.3 Å². The molecule has 0 radical (unpaired) electrons. The lowest BCUT2D eigenvalue weighted by Crippen LogP contribution is -2.40. The van der Waals surface area contributed by atoms with Gasteiger partial charge in [-0.05, 0) is 61.5 Å². The smallest absolute Gasteiger partial charge is 0.350 e. The minimum atomic E-state index is -4.50. The summed E-state index contributed by atoms with van der Waals surface area (Å²) in [6.07, 6.45) is 2.23. The topological polar surface area (TPSA) is 61.4 Å². The number of nitrogens with one attached hydrogen (secondary N) is 1. The summed E-state index contributed by atoms with van der Waals surface area (Å²) in [6, 6.07) is 12.2. The summed E-state index contributed by atoms with van der Waals surface area (Å²) in [7, 11) is 0. The number of hydrogen-bond donors (Lipinski definition) is 1. The van der Waals surface area contributed by atoms with Crippen LogP contribution in [0.15, 0.2) is 42.6 Å². The Bertz CT molecular complexity index is 1080. The van der Waals surface area contributed by atoms with Crippen LogP contribution >= 0.6 is 0 Å². The number of carbonyl (C=O) groups is 1. The number of rotatable bonds is 5. The van der Waals surface area contributed by atoms with Crippen molar-refractivity contribution in [1.82, 2.24) is 19.8 Å². The van der Waals surface area contributed by atoms with Crippen molar-refractivity contribution in [2.24, 2.45) is 17.8 Å². The second kappa shape index (κ2) is 9.32. The van der Waals surface area contributed by atoms with E-state index in [9.17, 15) is 18.0 Å². The number of halogens is 3. The predicted molar refractivity (Wildman–Crippen MR) is 129 cm³/mol. The Hall–Kier alpha value is -2.68. The average molecular weight is 500 g/mol. The van der Waals surface area contributed by atoms with Crippen molar-refractivity contribution in [3.05, 3.63) is 53.9 Å². The molecule has 2 aliphatic carbocycles. The normalized spacial score (nSPS) is 32.4. The standard InChI is InChI=1S/C27H32F3N5O/c28-27(29,30)23-10-12-31-26(33-23)32-19-11-13-34(14-19)25(36)24-21-15-35(16-22(21)24)20-8-6-18(7-9-20)17-4-2-1-3-5-17/h1-5,10,12,18-22,24H,6-9,11,13-16H2,(H,31,32,33)/t18?,19-,20?,21-,22+,24?/m0/s1. The summed E-state index contributed by atoms with van der Waals surface area (Å²) < 4.78 is 38.8. The van der Waals surface area contributed by atoms with E-state index in [0.717, 1.165) is 25.4 Å². The number of anilines is 1. The van der Waals surface area contributed by atoms with Crippen molar-refractivity contribution in [2.75, 3.05) is 31.5 Å². The molecule has 0 spiro atoms. The van der Waals surface area contributed by atoms with Gasteiger partial charge in [-0.2, -0.15) is 13.2 Å². The minimum Gasteiger partial charge on any atom is -0.350 e. The van der Waals surface area contributed by atoms with Crippen LogP contribution in [-0.4, -0.2) is 63.9 Å². The molecule has 9 heteroatoms. The number of benzene rings is 1. The molecule has 0 bridgehead atoms. The van der Waals surface area contributed by atoms with E-state index in [2.05, 4.69) is 50.5 Å². The number of fused-ring (bicyclic) bond motifs is 1. The zero-order chi connectivity index (χ0) is 24.9. The predicted octanol–water partition coefficient (Wildman–Crippen LogP) is 4.41. The molecule has 4 aliphatic rings. The first kappa shape index (κ1) is 23.7. The van der Waals surface area contributed by atoms with E-state index in [4.69, 9.17) is 0 Å². The Kier molecular flexibility index (Phi) is 6.14. The Morgan fingerprint density at radius 1 is 0.944 bits per heavy atom. The second-order valence-electron chi connectivity index (χ2n) is 10.9. The van der Waals surface area contributed by atoms with Crippen LogP contribution in [0.25, 0.3) is 0 Å². The summed E-state index contributed by atoms with van der Waals surface area (Å²) in [5.74, 6) is 1.89. The van der Waals surface area contributed by atoms with Crippen LogP contribution in [-0.2, 0) is 11.0 Å². The number of amides is 1. The van der Waals surface area contributed by atoms with Crippen molar-refractivity contribution < 1.29 is 18.0 Å². The summed E-state index contributed by atoms with van der Waals surface area (Å²) in [5.41, 5.74) is 0.499. The first-order chi connectivity index (χ1) is 17.4. The van der Waals surface area contributed by atoms with Crippen molar-refractivity contribution in [3.8, 4) is 0 Å². The quantitative estimate of drug-likeness (QED) is 0.660. The number of likely N-dealkylation sites (tertiary alicyclic amines) is 2. The molecule has 6 rings (SSSR count).